The molecule has 2 unspecified atom stereocenters. The van der Waals surface area contributed by atoms with E-state index < -0.39 is 0 Å². The number of carbonyl (C=O) groups is 1. The number of hydrogen-bond acceptors (Lipinski definition) is 3. The predicted molar refractivity (Wildman–Crippen MR) is 74.7 cm³/mol. The molecule has 106 valence electrons. The average molecular weight is 264 g/mol. The first-order valence-electron chi connectivity index (χ1n) is 7.05. The van der Waals surface area contributed by atoms with Crippen LogP contribution >= 0.6 is 0 Å². The molecule has 0 bridgehead atoms. The summed E-state index contributed by atoms with van der Waals surface area (Å²) in [5.41, 5.74) is 0. The molecule has 2 atom stereocenters. The van der Waals surface area contributed by atoms with Gasteiger partial charge in [0.2, 0.25) is 5.91 Å². The summed E-state index contributed by atoms with van der Waals surface area (Å²) in [6, 6.07) is 4.08. The molecule has 0 saturated carbocycles. The van der Waals surface area contributed by atoms with Crippen molar-refractivity contribution in [3.05, 3.63) is 23.7 Å². The minimum Gasteiger partial charge on any atom is -0.464 e. The number of rotatable bonds is 4. The van der Waals surface area contributed by atoms with Crippen molar-refractivity contribution in [3.63, 3.8) is 0 Å². The number of aryl methyl sites for hydroxylation is 1. The van der Waals surface area contributed by atoms with Gasteiger partial charge >= 0.3 is 0 Å². The average Bonchev–Trinajstić information content (AvgIpc) is 2.94. The van der Waals surface area contributed by atoms with Crippen molar-refractivity contribution in [3.8, 4) is 0 Å². The van der Waals surface area contributed by atoms with Gasteiger partial charge in [0.15, 0.2) is 0 Å². The highest BCUT2D eigenvalue weighted by Gasteiger charge is 2.33. The first kappa shape index (κ1) is 14.1. The van der Waals surface area contributed by atoms with Crippen LogP contribution in [0.15, 0.2) is 16.5 Å². The van der Waals surface area contributed by atoms with Crippen molar-refractivity contribution in [2.75, 3.05) is 13.1 Å². The Kier molecular flexibility index (Phi) is 4.30. The fourth-order valence-corrected chi connectivity index (χ4v) is 2.61. The van der Waals surface area contributed by atoms with Crippen LogP contribution in [-0.4, -0.2) is 29.9 Å². The van der Waals surface area contributed by atoms with Crippen molar-refractivity contribution in [2.45, 2.75) is 40.3 Å². The summed E-state index contributed by atoms with van der Waals surface area (Å²) in [5.74, 6) is 2.49. The molecule has 0 aromatic carbocycles. The van der Waals surface area contributed by atoms with E-state index in [0.29, 0.717) is 12.5 Å². The van der Waals surface area contributed by atoms with E-state index >= 15 is 0 Å². The Morgan fingerprint density at radius 2 is 2.21 bits per heavy atom. The van der Waals surface area contributed by atoms with Crippen LogP contribution < -0.4 is 5.32 Å². The third-order valence-corrected chi connectivity index (χ3v) is 3.86. The molecule has 4 nitrogen and oxygen atoms in total. The molecule has 19 heavy (non-hydrogen) atoms. The number of furan rings is 1. The van der Waals surface area contributed by atoms with Gasteiger partial charge in [-0.2, -0.15) is 0 Å². The van der Waals surface area contributed by atoms with Crippen molar-refractivity contribution >= 4 is 5.91 Å². The van der Waals surface area contributed by atoms with Crippen LogP contribution in [0.4, 0.5) is 0 Å². The fourth-order valence-electron chi connectivity index (χ4n) is 2.61. The first-order chi connectivity index (χ1) is 8.99. The third-order valence-electron chi connectivity index (χ3n) is 3.86. The zero-order valence-electron chi connectivity index (χ0n) is 12.3. The van der Waals surface area contributed by atoms with E-state index in [2.05, 4.69) is 26.1 Å². The van der Waals surface area contributed by atoms with Gasteiger partial charge in [-0.25, -0.2) is 0 Å². The van der Waals surface area contributed by atoms with E-state index in [1.165, 1.54) is 0 Å². The Morgan fingerprint density at radius 1 is 1.47 bits per heavy atom. The predicted octanol–water partition coefficient (Wildman–Crippen LogP) is 2.18. The monoisotopic (exact) mass is 264 g/mol. The van der Waals surface area contributed by atoms with Gasteiger partial charge < -0.3 is 14.6 Å². The zero-order chi connectivity index (χ0) is 14.0. The lowest BCUT2D eigenvalue weighted by molar-refractivity contribution is -0.138. The number of nitrogens with zero attached hydrogens (tertiary/aromatic N) is 1. The normalized spacial score (nSPS) is 23.0. The lowest BCUT2D eigenvalue weighted by Gasteiger charge is -2.29. The van der Waals surface area contributed by atoms with Gasteiger partial charge in [-0.05, 0) is 45.4 Å². The van der Waals surface area contributed by atoms with Crippen LogP contribution in [0.3, 0.4) is 0 Å². The Labute approximate surface area is 115 Å². The van der Waals surface area contributed by atoms with E-state index in [0.717, 1.165) is 24.6 Å². The van der Waals surface area contributed by atoms with E-state index in [-0.39, 0.29) is 17.9 Å². The smallest absolute Gasteiger partial charge is 0.227 e. The molecule has 1 fully saturated rings. The molecule has 1 N–H and O–H groups in total. The maximum atomic E-state index is 12.7. The molecule has 0 spiro atoms. The second-order valence-corrected chi connectivity index (χ2v) is 5.81. The largest absolute Gasteiger partial charge is 0.464 e. The number of hydrogen-bond donors (Lipinski definition) is 1. The zero-order valence-corrected chi connectivity index (χ0v) is 12.3. The lowest BCUT2D eigenvalue weighted by atomic mass is 9.96. The number of carbonyl (C=O) groups excluding carboxylic acids is 1. The van der Waals surface area contributed by atoms with E-state index in [1.54, 1.807) is 0 Å². The summed E-state index contributed by atoms with van der Waals surface area (Å²) >= 11 is 0. The minimum absolute atomic E-state index is 0.0958. The van der Waals surface area contributed by atoms with Crippen LogP contribution in [0, 0.1) is 18.8 Å². The minimum atomic E-state index is 0.0958. The molecule has 4 heteroatoms. The molecule has 0 aliphatic carbocycles. The van der Waals surface area contributed by atoms with Crippen molar-refractivity contribution in [1.82, 2.24) is 10.2 Å². The van der Waals surface area contributed by atoms with Crippen molar-refractivity contribution in [1.29, 1.82) is 0 Å². The van der Waals surface area contributed by atoms with Gasteiger partial charge in [0.05, 0.1) is 12.5 Å². The van der Waals surface area contributed by atoms with Crippen LogP contribution in [0.5, 0.6) is 0 Å². The highest BCUT2D eigenvalue weighted by molar-refractivity contribution is 5.80. The van der Waals surface area contributed by atoms with Gasteiger partial charge in [0.25, 0.3) is 0 Å². The van der Waals surface area contributed by atoms with Crippen LogP contribution in [0.25, 0.3) is 0 Å². The molecule has 1 saturated heterocycles. The topological polar surface area (TPSA) is 45.5 Å². The third kappa shape index (κ3) is 3.18. The van der Waals surface area contributed by atoms with Gasteiger partial charge in [-0.15, -0.1) is 0 Å². The summed E-state index contributed by atoms with van der Waals surface area (Å²) in [4.78, 5) is 14.6. The number of amides is 1. The Hall–Kier alpha value is -1.29. The molecule has 1 aromatic rings. The molecule has 1 amide bonds. The van der Waals surface area contributed by atoms with Crippen LogP contribution in [-0.2, 0) is 11.3 Å². The van der Waals surface area contributed by atoms with Gasteiger partial charge in [-0.3, -0.25) is 4.79 Å². The van der Waals surface area contributed by atoms with Crippen molar-refractivity contribution in [2.24, 2.45) is 11.8 Å². The second-order valence-electron chi connectivity index (χ2n) is 5.81. The molecule has 0 radical (unpaired) electrons. The summed E-state index contributed by atoms with van der Waals surface area (Å²) < 4.78 is 5.59. The molecule has 1 aliphatic rings. The highest BCUT2D eigenvalue weighted by atomic mass is 16.3. The number of nitrogens with one attached hydrogen (secondary N) is 1. The van der Waals surface area contributed by atoms with Crippen LogP contribution in [0.1, 0.15) is 32.3 Å². The Morgan fingerprint density at radius 3 is 2.68 bits per heavy atom. The summed E-state index contributed by atoms with van der Waals surface area (Å²) in [6.45, 7) is 10.5. The van der Waals surface area contributed by atoms with Gasteiger partial charge in [0, 0.05) is 12.6 Å². The van der Waals surface area contributed by atoms with Gasteiger partial charge in [-0.1, -0.05) is 6.92 Å². The Bertz CT molecular complexity index is 439. The van der Waals surface area contributed by atoms with E-state index in [4.69, 9.17) is 4.42 Å². The highest BCUT2D eigenvalue weighted by Crippen LogP contribution is 2.22. The van der Waals surface area contributed by atoms with Crippen LogP contribution in [0.2, 0.25) is 0 Å². The summed E-state index contributed by atoms with van der Waals surface area (Å²) in [6.07, 6.45) is 0. The van der Waals surface area contributed by atoms with E-state index in [9.17, 15) is 4.79 Å². The standard InChI is InChI=1S/C15H24N2O2/c1-10(2)17(9-13-6-5-12(4)19-13)15(18)14-8-16-7-11(14)3/h5-6,10-11,14,16H,7-9H2,1-4H3. The molecule has 1 aliphatic heterocycles. The lowest BCUT2D eigenvalue weighted by Crippen LogP contribution is -2.42. The summed E-state index contributed by atoms with van der Waals surface area (Å²) in [7, 11) is 0. The van der Waals surface area contributed by atoms with E-state index in [1.807, 2.05) is 24.0 Å². The van der Waals surface area contributed by atoms with Crippen molar-refractivity contribution < 1.29 is 9.21 Å². The summed E-state index contributed by atoms with van der Waals surface area (Å²) in [5, 5.41) is 3.29. The first-order valence-corrected chi connectivity index (χ1v) is 7.05. The maximum Gasteiger partial charge on any atom is 0.227 e. The SMILES string of the molecule is Cc1ccc(CN(C(=O)C2CNCC2C)C(C)C)o1. The second kappa shape index (κ2) is 5.78. The molecular weight excluding hydrogens is 240 g/mol. The molecular formula is C15H24N2O2. The fraction of sp³-hybridized carbons (Fsp3) is 0.667. The molecule has 2 heterocycles. The van der Waals surface area contributed by atoms with Gasteiger partial charge in [0.1, 0.15) is 11.5 Å². The Balaban J connectivity index is 2.09. The molecule has 2 rings (SSSR count). The quantitative estimate of drug-likeness (QED) is 0.906. The maximum absolute atomic E-state index is 12.7. The molecule has 1 aromatic heterocycles.